The fraction of sp³-hybridized carbons (Fsp3) is 0.417. The second-order valence-electron chi connectivity index (χ2n) is 3.86. The summed E-state index contributed by atoms with van der Waals surface area (Å²) in [5, 5.41) is 3.11. The van der Waals surface area contributed by atoms with Crippen LogP contribution in [0.4, 0.5) is 5.69 Å². The first-order chi connectivity index (χ1) is 8.25. The Balaban J connectivity index is 1.99. The summed E-state index contributed by atoms with van der Waals surface area (Å²) in [6.07, 6.45) is 1.20. The molecular weight excluding hydrogens is 220 g/mol. The number of rotatable bonds is 4. The molecule has 0 saturated heterocycles. The molecule has 0 unspecified atom stereocenters. The lowest BCUT2D eigenvalue weighted by atomic mass is 10.2. The van der Waals surface area contributed by atoms with Gasteiger partial charge in [0, 0.05) is 31.1 Å². The maximum absolute atomic E-state index is 10.6. The molecule has 2 rings (SSSR count). The summed E-state index contributed by atoms with van der Waals surface area (Å²) >= 11 is 0. The minimum Gasteiger partial charge on any atom is -0.490 e. The van der Waals surface area contributed by atoms with E-state index in [1.165, 1.54) is 0 Å². The van der Waals surface area contributed by atoms with Crippen LogP contribution in [-0.2, 0) is 4.79 Å². The van der Waals surface area contributed by atoms with Crippen molar-refractivity contribution >= 4 is 11.6 Å². The van der Waals surface area contributed by atoms with Gasteiger partial charge < -0.3 is 20.5 Å². The van der Waals surface area contributed by atoms with Crippen LogP contribution in [0, 0.1) is 0 Å². The summed E-state index contributed by atoms with van der Waals surface area (Å²) in [6, 6.07) is 5.64. The average molecular weight is 236 g/mol. The number of nitrogens with one attached hydrogen (secondary N) is 1. The van der Waals surface area contributed by atoms with Gasteiger partial charge in [-0.05, 0) is 12.1 Å². The van der Waals surface area contributed by atoms with E-state index in [-0.39, 0.29) is 5.91 Å². The minimum atomic E-state index is -0.313. The lowest BCUT2D eigenvalue weighted by Crippen LogP contribution is -2.15. The molecule has 1 aromatic rings. The van der Waals surface area contributed by atoms with Crippen LogP contribution < -0.4 is 20.5 Å². The number of fused-ring (bicyclic) bond motifs is 1. The van der Waals surface area contributed by atoms with E-state index in [1.807, 2.05) is 18.2 Å². The van der Waals surface area contributed by atoms with E-state index in [4.69, 9.17) is 15.2 Å². The van der Waals surface area contributed by atoms with Crippen LogP contribution >= 0.6 is 0 Å². The Morgan fingerprint density at radius 3 is 2.82 bits per heavy atom. The van der Waals surface area contributed by atoms with Gasteiger partial charge in [-0.2, -0.15) is 0 Å². The van der Waals surface area contributed by atoms with Crippen LogP contribution in [0.5, 0.6) is 11.5 Å². The van der Waals surface area contributed by atoms with Crippen molar-refractivity contribution in [2.75, 3.05) is 25.1 Å². The normalized spacial score (nSPS) is 13.9. The van der Waals surface area contributed by atoms with Crippen molar-refractivity contribution in [1.29, 1.82) is 0 Å². The van der Waals surface area contributed by atoms with Crippen molar-refractivity contribution < 1.29 is 14.3 Å². The monoisotopic (exact) mass is 236 g/mol. The van der Waals surface area contributed by atoms with Gasteiger partial charge in [0.1, 0.15) is 0 Å². The van der Waals surface area contributed by atoms with Crippen molar-refractivity contribution in [1.82, 2.24) is 0 Å². The number of anilines is 1. The molecule has 0 spiro atoms. The van der Waals surface area contributed by atoms with Crippen LogP contribution in [0.1, 0.15) is 12.8 Å². The number of ether oxygens (including phenoxy) is 2. The standard InChI is InChI=1S/C12H16N2O3/c13-12(15)4-5-14-9-2-3-10-11(8-9)17-7-1-6-16-10/h2-3,8,14H,1,4-7H2,(H2,13,15). The minimum absolute atomic E-state index is 0.313. The number of hydrogen-bond donors (Lipinski definition) is 2. The zero-order chi connectivity index (χ0) is 12.1. The predicted octanol–water partition coefficient (Wildman–Crippen LogP) is 1.14. The smallest absolute Gasteiger partial charge is 0.219 e. The fourth-order valence-corrected chi connectivity index (χ4v) is 1.60. The van der Waals surface area contributed by atoms with E-state index < -0.39 is 0 Å². The highest BCUT2D eigenvalue weighted by Gasteiger charge is 2.10. The molecule has 1 heterocycles. The highest BCUT2D eigenvalue weighted by Crippen LogP contribution is 2.32. The van der Waals surface area contributed by atoms with Gasteiger partial charge in [-0.15, -0.1) is 0 Å². The number of nitrogens with two attached hydrogens (primary N) is 1. The van der Waals surface area contributed by atoms with Crippen LogP contribution in [-0.4, -0.2) is 25.7 Å². The third-order valence-corrected chi connectivity index (χ3v) is 2.45. The molecule has 5 heteroatoms. The molecule has 1 amide bonds. The molecule has 0 saturated carbocycles. The van der Waals surface area contributed by atoms with Gasteiger partial charge in [-0.3, -0.25) is 4.79 Å². The van der Waals surface area contributed by atoms with Crippen molar-refractivity contribution in [3.8, 4) is 11.5 Å². The maximum atomic E-state index is 10.6. The lowest BCUT2D eigenvalue weighted by molar-refractivity contribution is -0.117. The Kier molecular flexibility index (Phi) is 3.69. The molecule has 92 valence electrons. The number of hydrogen-bond acceptors (Lipinski definition) is 4. The van der Waals surface area contributed by atoms with Gasteiger partial charge in [-0.25, -0.2) is 0 Å². The van der Waals surface area contributed by atoms with E-state index >= 15 is 0 Å². The third kappa shape index (κ3) is 3.27. The summed E-state index contributed by atoms with van der Waals surface area (Å²) < 4.78 is 11.1. The van der Waals surface area contributed by atoms with Crippen molar-refractivity contribution in [3.05, 3.63) is 18.2 Å². The molecule has 0 radical (unpaired) electrons. The number of primary amides is 1. The Morgan fingerprint density at radius 2 is 2.06 bits per heavy atom. The molecular formula is C12H16N2O3. The summed E-state index contributed by atoms with van der Waals surface area (Å²) in [5.41, 5.74) is 5.96. The molecule has 3 N–H and O–H groups in total. The second-order valence-corrected chi connectivity index (χ2v) is 3.86. The quantitative estimate of drug-likeness (QED) is 0.822. The van der Waals surface area contributed by atoms with Gasteiger partial charge in [0.25, 0.3) is 0 Å². The maximum Gasteiger partial charge on any atom is 0.219 e. The molecule has 5 nitrogen and oxygen atoms in total. The van der Waals surface area contributed by atoms with Gasteiger partial charge in [-0.1, -0.05) is 0 Å². The van der Waals surface area contributed by atoms with Gasteiger partial charge in [0.2, 0.25) is 5.91 Å². The molecule has 1 aromatic carbocycles. The Bertz CT molecular complexity index is 407. The zero-order valence-electron chi connectivity index (χ0n) is 9.57. The van der Waals surface area contributed by atoms with E-state index in [0.717, 1.165) is 23.6 Å². The number of amides is 1. The van der Waals surface area contributed by atoms with Gasteiger partial charge >= 0.3 is 0 Å². The summed E-state index contributed by atoms with van der Waals surface area (Å²) in [6.45, 7) is 1.87. The first-order valence-electron chi connectivity index (χ1n) is 5.67. The molecule has 0 aromatic heterocycles. The first-order valence-corrected chi connectivity index (χ1v) is 5.67. The van der Waals surface area contributed by atoms with Crippen LogP contribution in [0.25, 0.3) is 0 Å². The van der Waals surface area contributed by atoms with Crippen molar-refractivity contribution in [2.45, 2.75) is 12.8 Å². The summed E-state index contributed by atoms with van der Waals surface area (Å²) in [5.74, 6) is 1.20. The molecule has 0 bridgehead atoms. The van der Waals surface area contributed by atoms with E-state index in [9.17, 15) is 4.79 Å². The number of carbonyl (C=O) groups is 1. The highest BCUT2D eigenvalue weighted by atomic mass is 16.5. The fourth-order valence-electron chi connectivity index (χ4n) is 1.60. The Morgan fingerprint density at radius 1 is 1.29 bits per heavy atom. The number of benzene rings is 1. The Labute approximate surface area is 99.9 Å². The van der Waals surface area contributed by atoms with E-state index in [0.29, 0.717) is 26.2 Å². The molecule has 1 aliphatic rings. The van der Waals surface area contributed by atoms with Crippen LogP contribution in [0.3, 0.4) is 0 Å². The summed E-state index contributed by atoms with van der Waals surface area (Å²) in [4.78, 5) is 10.6. The van der Waals surface area contributed by atoms with E-state index in [1.54, 1.807) is 0 Å². The topological polar surface area (TPSA) is 73.6 Å². The lowest BCUT2D eigenvalue weighted by Gasteiger charge is -2.10. The molecule has 0 atom stereocenters. The van der Waals surface area contributed by atoms with Gasteiger partial charge in [0.15, 0.2) is 11.5 Å². The average Bonchev–Trinajstić information content (AvgIpc) is 2.53. The third-order valence-electron chi connectivity index (χ3n) is 2.45. The SMILES string of the molecule is NC(=O)CCNc1ccc2c(c1)OCCCO2. The molecule has 1 aliphatic heterocycles. The summed E-state index contributed by atoms with van der Waals surface area (Å²) in [7, 11) is 0. The molecule has 0 aliphatic carbocycles. The van der Waals surface area contributed by atoms with Crippen LogP contribution in [0.15, 0.2) is 18.2 Å². The largest absolute Gasteiger partial charge is 0.490 e. The van der Waals surface area contributed by atoms with Crippen LogP contribution in [0.2, 0.25) is 0 Å². The predicted molar refractivity (Wildman–Crippen MR) is 64.4 cm³/mol. The van der Waals surface area contributed by atoms with Crippen molar-refractivity contribution in [2.24, 2.45) is 5.73 Å². The molecule has 0 fully saturated rings. The second kappa shape index (κ2) is 5.43. The van der Waals surface area contributed by atoms with Crippen molar-refractivity contribution in [3.63, 3.8) is 0 Å². The number of carbonyl (C=O) groups excluding carboxylic acids is 1. The zero-order valence-corrected chi connectivity index (χ0v) is 9.57. The van der Waals surface area contributed by atoms with E-state index in [2.05, 4.69) is 5.32 Å². The van der Waals surface area contributed by atoms with Gasteiger partial charge in [0.05, 0.1) is 13.2 Å². The Hall–Kier alpha value is -1.91. The highest BCUT2D eigenvalue weighted by molar-refractivity contribution is 5.74. The molecule has 17 heavy (non-hydrogen) atoms. The first kappa shape index (κ1) is 11.6.